The number of carboxylic acids is 1. The lowest BCUT2D eigenvalue weighted by molar-refractivity contribution is -0.132. The highest BCUT2D eigenvalue weighted by Gasteiger charge is 2.16. The number of esters is 1. The number of carbonyl (C=O) groups excluding carboxylic acids is 1. The molecule has 0 saturated carbocycles. The van der Waals surface area contributed by atoms with Crippen molar-refractivity contribution in [2.75, 3.05) is 7.11 Å². The summed E-state index contributed by atoms with van der Waals surface area (Å²) < 4.78 is 10.2. The molecule has 0 bridgehead atoms. The van der Waals surface area contributed by atoms with E-state index >= 15 is 0 Å². The zero-order valence-electron chi connectivity index (χ0n) is 8.61. The highest BCUT2D eigenvalue weighted by molar-refractivity contribution is 9.10. The van der Waals surface area contributed by atoms with E-state index in [0.29, 0.717) is 4.47 Å². The van der Waals surface area contributed by atoms with Crippen LogP contribution in [0.3, 0.4) is 0 Å². The average Bonchev–Trinajstić information content (AvgIpc) is 2.19. The van der Waals surface area contributed by atoms with Crippen LogP contribution in [0.5, 0.6) is 11.5 Å². The van der Waals surface area contributed by atoms with Crippen LogP contribution in [0.15, 0.2) is 16.6 Å². The van der Waals surface area contributed by atoms with Gasteiger partial charge in [0.05, 0.1) is 17.1 Å². The van der Waals surface area contributed by atoms with Crippen molar-refractivity contribution in [2.45, 2.75) is 6.92 Å². The van der Waals surface area contributed by atoms with Crippen molar-refractivity contribution in [1.29, 1.82) is 0 Å². The van der Waals surface area contributed by atoms with E-state index in [9.17, 15) is 9.59 Å². The third kappa shape index (κ3) is 2.73. The minimum Gasteiger partial charge on any atom is -0.493 e. The van der Waals surface area contributed by atoms with Gasteiger partial charge in [-0.2, -0.15) is 0 Å². The van der Waals surface area contributed by atoms with Crippen LogP contribution in [0, 0.1) is 0 Å². The van der Waals surface area contributed by atoms with Crippen LogP contribution >= 0.6 is 15.9 Å². The summed E-state index contributed by atoms with van der Waals surface area (Å²) in [5.74, 6) is -1.25. The first-order valence-electron chi connectivity index (χ1n) is 4.25. The van der Waals surface area contributed by atoms with E-state index in [0.717, 1.165) is 0 Å². The lowest BCUT2D eigenvalue weighted by Gasteiger charge is -2.10. The van der Waals surface area contributed by atoms with Crippen molar-refractivity contribution in [3.05, 3.63) is 22.2 Å². The highest BCUT2D eigenvalue weighted by Crippen LogP contribution is 2.36. The molecule has 1 N–H and O–H groups in total. The highest BCUT2D eigenvalue weighted by atomic mass is 79.9. The van der Waals surface area contributed by atoms with Crippen molar-refractivity contribution in [2.24, 2.45) is 0 Å². The quantitative estimate of drug-likeness (QED) is 0.681. The van der Waals surface area contributed by atoms with E-state index in [1.165, 1.54) is 26.2 Å². The molecule has 0 aliphatic carbocycles. The molecule has 0 fully saturated rings. The molecule has 0 atom stereocenters. The number of benzene rings is 1. The molecular weight excluding hydrogens is 280 g/mol. The van der Waals surface area contributed by atoms with Crippen LogP contribution in [-0.4, -0.2) is 24.2 Å². The third-order valence-corrected chi connectivity index (χ3v) is 2.31. The maximum absolute atomic E-state index is 10.8. The van der Waals surface area contributed by atoms with E-state index in [1.807, 2.05) is 0 Å². The van der Waals surface area contributed by atoms with Gasteiger partial charge in [0.15, 0.2) is 11.5 Å². The Morgan fingerprint density at radius 1 is 1.38 bits per heavy atom. The fourth-order valence-electron chi connectivity index (χ4n) is 1.09. The number of rotatable bonds is 3. The molecule has 86 valence electrons. The van der Waals surface area contributed by atoms with Gasteiger partial charge < -0.3 is 14.6 Å². The second-order valence-corrected chi connectivity index (χ2v) is 3.74. The van der Waals surface area contributed by atoms with Crippen LogP contribution < -0.4 is 9.47 Å². The zero-order valence-corrected chi connectivity index (χ0v) is 10.2. The van der Waals surface area contributed by atoms with Crippen molar-refractivity contribution in [3.63, 3.8) is 0 Å². The van der Waals surface area contributed by atoms with Crippen LogP contribution in [-0.2, 0) is 4.79 Å². The van der Waals surface area contributed by atoms with Gasteiger partial charge in [0.2, 0.25) is 0 Å². The molecule has 1 aromatic carbocycles. The number of aromatic carboxylic acids is 1. The molecule has 0 heterocycles. The Morgan fingerprint density at radius 2 is 2.00 bits per heavy atom. The normalized spacial score (nSPS) is 9.69. The van der Waals surface area contributed by atoms with Crippen LogP contribution in [0.1, 0.15) is 17.3 Å². The maximum atomic E-state index is 10.8. The minimum atomic E-state index is -1.09. The van der Waals surface area contributed by atoms with Crippen LogP contribution in [0.4, 0.5) is 0 Å². The van der Waals surface area contributed by atoms with Crippen molar-refractivity contribution >= 4 is 27.9 Å². The lowest BCUT2D eigenvalue weighted by Crippen LogP contribution is -2.05. The number of hydrogen-bond acceptors (Lipinski definition) is 4. The predicted octanol–water partition coefficient (Wildman–Crippen LogP) is 2.08. The summed E-state index contributed by atoms with van der Waals surface area (Å²) in [6.07, 6.45) is 0. The van der Waals surface area contributed by atoms with E-state index < -0.39 is 11.9 Å². The van der Waals surface area contributed by atoms with E-state index in [-0.39, 0.29) is 17.1 Å². The summed E-state index contributed by atoms with van der Waals surface area (Å²) in [5.41, 5.74) is 0.0413. The molecule has 0 amide bonds. The Bertz CT molecular complexity index is 441. The smallest absolute Gasteiger partial charge is 0.335 e. The van der Waals surface area contributed by atoms with Gasteiger partial charge in [-0.3, -0.25) is 4.79 Å². The Labute approximate surface area is 100 Å². The molecular formula is C10H9BrO5. The zero-order chi connectivity index (χ0) is 12.3. The lowest BCUT2D eigenvalue weighted by atomic mass is 10.2. The van der Waals surface area contributed by atoms with Crippen molar-refractivity contribution < 1.29 is 24.2 Å². The van der Waals surface area contributed by atoms with E-state index in [2.05, 4.69) is 15.9 Å². The van der Waals surface area contributed by atoms with Gasteiger partial charge in [0.25, 0.3) is 0 Å². The van der Waals surface area contributed by atoms with Crippen LogP contribution in [0.25, 0.3) is 0 Å². The van der Waals surface area contributed by atoms with Gasteiger partial charge in [-0.25, -0.2) is 4.79 Å². The first-order valence-corrected chi connectivity index (χ1v) is 5.04. The molecule has 0 aliphatic rings. The summed E-state index contributed by atoms with van der Waals surface area (Å²) in [6.45, 7) is 1.25. The molecule has 0 aliphatic heterocycles. The number of halogens is 1. The molecule has 16 heavy (non-hydrogen) atoms. The molecule has 0 radical (unpaired) electrons. The fraction of sp³-hybridized carbons (Fsp3) is 0.200. The van der Waals surface area contributed by atoms with E-state index in [4.69, 9.17) is 14.6 Å². The van der Waals surface area contributed by atoms with Crippen molar-refractivity contribution in [3.8, 4) is 11.5 Å². The van der Waals surface area contributed by atoms with Gasteiger partial charge >= 0.3 is 11.9 Å². The molecule has 1 rings (SSSR count). The fourth-order valence-corrected chi connectivity index (χ4v) is 1.61. The van der Waals surface area contributed by atoms with Crippen LogP contribution in [0.2, 0.25) is 0 Å². The summed E-state index contributed by atoms with van der Waals surface area (Å²) in [7, 11) is 1.36. The van der Waals surface area contributed by atoms with Gasteiger partial charge in [0, 0.05) is 6.92 Å². The second-order valence-electron chi connectivity index (χ2n) is 2.89. The number of ether oxygens (including phenoxy) is 2. The average molecular weight is 289 g/mol. The number of carbonyl (C=O) groups is 2. The molecule has 6 heteroatoms. The second kappa shape index (κ2) is 4.98. The maximum Gasteiger partial charge on any atom is 0.335 e. The third-order valence-electron chi connectivity index (χ3n) is 1.72. The molecule has 0 aromatic heterocycles. The topological polar surface area (TPSA) is 72.8 Å². The largest absolute Gasteiger partial charge is 0.493 e. The Kier molecular flexibility index (Phi) is 3.89. The molecule has 5 nitrogen and oxygen atoms in total. The summed E-state index contributed by atoms with van der Waals surface area (Å²) in [5, 5.41) is 8.82. The molecule has 0 unspecified atom stereocenters. The van der Waals surface area contributed by atoms with Gasteiger partial charge in [0.1, 0.15) is 0 Å². The SMILES string of the molecule is COc1cc(C(=O)O)cc(Br)c1OC(C)=O. The van der Waals surface area contributed by atoms with Crippen molar-refractivity contribution in [1.82, 2.24) is 0 Å². The van der Waals surface area contributed by atoms with Gasteiger partial charge in [-0.15, -0.1) is 0 Å². The first-order chi connectivity index (χ1) is 7.45. The summed E-state index contributed by atoms with van der Waals surface area (Å²) in [4.78, 5) is 21.6. The van der Waals surface area contributed by atoms with Gasteiger partial charge in [-0.05, 0) is 28.1 Å². The predicted molar refractivity (Wildman–Crippen MR) is 59.0 cm³/mol. The van der Waals surface area contributed by atoms with E-state index in [1.54, 1.807) is 0 Å². The Morgan fingerprint density at radius 3 is 2.44 bits per heavy atom. The number of methoxy groups -OCH3 is 1. The standard InChI is InChI=1S/C10H9BrO5/c1-5(12)16-9-7(11)3-6(10(13)14)4-8(9)15-2/h3-4H,1-2H3,(H,13,14). The summed E-state index contributed by atoms with van der Waals surface area (Å²) >= 11 is 3.12. The Balaban J connectivity index is 3.28. The minimum absolute atomic E-state index is 0.0413. The number of hydrogen-bond donors (Lipinski definition) is 1. The molecule has 1 aromatic rings. The first kappa shape index (κ1) is 12.5. The Hall–Kier alpha value is -1.56. The monoisotopic (exact) mass is 288 g/mol. The summed E-state index contributed by atoms with van der Waals surface area (Å²) in [6, 6.07) is 2.62. The molecule has 0 saturated heterocycles. The molecule has 0 spiro atoms. The number of carboxylic acid groups (broad SMARTS) is 1. The van der Waals surface area contributed by atoms with Gasteiger partial charge in [-0.1, -0.05) is 0 Å².